The third kappa shape index (κ3) is 3.22. The van der Waals surface area contributed by atoms with E-state index in [0.29, 0.717) is 6.61 Å². The van der Waals surface area contributed by atoms with Crippen molar-refractivity contribution in [2.24, 2.45) is 0 Å². The number of hydrogen-bond acceptors (Lipinski definition) is 3. The second kappa shape index (κ2) is 5.54. The summed E-state index contributed by atoms with van der Waals surface area (Å²) in [5.74, 6) is -0.220. The average molecular weight is 300 g/mol. The fourth-order valence-corrected chi connectivity index (χ4v) is 1.84. The number of esters is 1. The van der Waals surface area contributed by atoms with Crippen molar-refractivity contribution in [2.45, 2.75) is 26.3 Å². The van der Waals surface area contributed by atoms with E-state index in [1.165, 1.54) is 0 Å². The van der Waals surface area contributed by atoms with Gasteiger partial charge in [0, 0.05) is 17.2 Å². The number of rotatable bonds is 4. The smallest absolute Gasteiger partial charge is 0.331 e. The summed E-state index contributed by atoms with van der Waals surface area (Å²) in [6, 6.07) is 7.83. The van der Waals surface area contributed by atoms with Gasteiger partial charge < -0.3 is 9.64 Å². The van der Waals surface area contributed by atoms with Crippen LogP contribution in [-0.4, -0.2) is 25.2 Å². The van der Waals surface area contributed by atoms with E-state index < -0.39 is 5.54 Å². The molecule has 0 amide bonds. The Morgan fingerprint density at radius 3 is 2.65 bits per heavy atom. The van der Waals surface area contributed by atoms with Gasteiger partial charge in [0.05, 0.1) is 6.61 Å². The first-order chi connectivity index (χ1) is 7.89. The van der Waals surface area contributed by atoms with E-state index in [2.05, 4.69) is 15.9 Å². The van der Waals surface area contributed by atoms with E-state index in [4.69, 9.17) is 4.74 Å². The Morgan fingerprint density at radius 1 is 1.47 bits per heavy atom. The molecule has 0 spiro atoms. The number of anilines is 1. The predicted octanol–water partition coefficient (Wildman–Crippen LogP) is 3.23. The summed E-state index contributed by atoms with van der Waals surface area (Å²) in [4.78, 5) is 13.8. The van der Waals surface area contributed by atoms with Gasteiger partial charge in [0.15, 0.2) is 0 Å². The summed E-state index contributed by atoms with van der Waals surface area (Å²) in [6.07, 6.45) is 0. The van der Waals surface area contributed by atoms with Gasteiger partial charge in [-0.3, -0.25) is 0 Å². The minimum absolute atomic E-state index is 0.220. The SMILES string of the molecule is CCOC(=O)C(C)(C)N(C)c1cccc(Br)c1. The molecule has 0 aliphatic rings. The molecule has 0 saturated heterocycles. The van der Waals surface area contributed by atoms with Crippen LogP contribution in [0, 0.1) is 0 Å². The molecule has 0 fully saturated rings. The highest BCUT2D eigenvalue weighted by molar-refractivity contribution is 9.10. The average Bonchev–Trinajstić information content (AvgIpc) is 2.28. The fourth-order valence-electron chi connectivity index (χ4n) is 1.45. The Kier molecular flexibility index (Phi) is 4.57. The van der Waals surface area contributed by atoms with Crippen LogP contribution in [0.3, 0.4) is 0 Å². The van der Waals surface area contributed by atoms with Gasteiger partial charge in [0.1, 0.15) is 5.54 Å². The molecule has 17 heavy (non-hydrogen) atoms. The van der Waals surface area contributed by atoms with E-state index in [1.807, 2.05) is 57.0 Å². The van der Waals surface area contributed by atoms with Gasteiger partial charge in [-0.1, -0.05) is 22.0 Å². The van der Waals surface area contributed by atoms with Crippen LogP contribution in [0.15, 0.2) is 28.7 Å². The van der Waals surface area contributed by atoms with E-state index in [1.54, 1.807) is 0 Å². The van der Waals surface area contributed by atoms with Gasteiger partial charge >= 0.3 is 5.97 Å². The number of halogens is 1. The number of ether oxygens (including phenoxy) is 1. The van der Waals surface area contributed by atoms with Crippen molar-refractivity contribution in [3.05, 3.63) is 28.7 Å². The Balaban J connectivity index is 2.95. The van der Waals surface area contributed by atoms with Crippen LogP contribution < -0.4 is 4.90 Å². The van der Waals surface area contributed by atoms with Crippen LogP contribution in [0.2, 0.25) is 0 Å². The topological polar surface area (TPSA) is 29.5 Å². The van der Waals surface area contributed by atoms with Gasteiger partial charge in [-0.25, -0.2) is 4.79 Å². The van der Waals surface area contributed by atoms with Gasteiger partial charge in [-0.15, -0.1) is 0 Å². The zero-order valence-electron chi connectivity index (χ0n) is 10.7. The van der Waals surface area contributed by atoms with E-state index in [9.17, 15) is 4.79 Å². The number of likely N-dealkylation sites (N-methyl/N-ethyl adjacent to an activating group) is 1. The lowest BCUT2D eigenvalue weighted by molar-refractivity contribution is -0.148. The van der Waals surface area contributed by atoms with E-state index in [-0.39, 0.29) is 5.97 Å². The molecule has 0 bridgehead atoms. The molecule has 94 valence electrons. The minimum Gasteiger partial charge on any atom is -0.464 e. The van der Waals surface area contributed by atoms with Crippen molar-refractivity contribution in [1.29, 1.82) is 0 Å². The van der Waals surface area contributed by atoms with Gasteiger partial charge in [0.2, 0.25) is 0 Å². The molecule has 0 radical (unpaired) electrons. The number of hydrogen-bond donors (Lipinski definition) is 0. The Hall–Kier alpha value is -1.03. The molecular weight excluding hydrogens is 282 g/mol. The second-order valence-corrected chi connectivity index (χ2v) is 5.23. The number of carbonyl (C=O) groups is 1. The van der Waals surface area contributed by atoms with E-state index >= 15 is 0 Å². The summed E-state index contributed by atoms with van der Waals surface area (Å²) in [5.41, 5.74) is 0.286. The third-order valence-corrected chi connectivity index (χ3v) is 3.30. The molecular formula is C13H18BrNO2. The highest BCUT2D eigenvalue weighted by atomic mass is 79.9. The van der Waals surface area contributed by atoms with Gasteiger partial charge in [0.25, 0.3) is 0 Å². The molecule has 0 aromatic heterocycles. The summed E-state index contributed by atoms with van der Waals surface area (Å²) in [5, 5.41) is 0. The zero-order valence-corrected chi connectivity index (χ0v) is 12.2. The maximum absolute atomic E-state index is 11.9. The third-order valence-electron chi connectivity index (χ3n) is 2.81. The monoisotopic (exact) mass is 299 g/mol. The Morgan fingerprint density at radius 2 is 2.12 bits per heavy atom. The first-order valence-corrected chi connectivity index (χ1v) is 6.35. The lowest BCUT2D eigenvalue weighted by atomic mass is 10.0. The number of benzene rings is 1. The van der Waals surface area contributed by atoms with Crippen LogP contribution in [-0.2, 0) is 9.53 Å². The lowest BCUT2D eigenvalue weighted by Crippen LogP contribution is -2.49. The van der Waals surface area contributed by atoms with E-state index in [0.717, 1.165) is 10.2 Å². The van der Waals surface area contributed by atoms with Crippen molar-refractivity contribution in [3.8, 4) is 0 Å². The van der Waals surface area contributed by atoms with Crippen molar-refractivity contribution in [3.63, 3.8) is 0 Å². The Labute approximate surface area is 111 Å². The van der Waals surface area contributed by atoms with Crippen LogP contribution in [0.4, 0.5) is 5.69 Å². The quantitative estimate of drug-likeness (QED) is 0.800. The molecule has 3 nitrogen and oxygen atoms in total. The number of carbonyl (C=O) groups excluding carboxylic acids is 1. The second-order valence-electron chi connectivity index (χ2n) is 4.32. The summed E-state index contributed by atoms with van der Waals surface area (Å²) >= 11 is 3.42. The van der Waals surface area contributed by atoms with Crippen molar-refractivity contribution in [2.75, 3.05) is 18.6 Å². The molecule has 0 aliphatic heterocycles. The Bertz CT molecular complexity index is 404. The van der Waals surface area contributed by atoms with Crippen LogP contribution in [0.25, 0.3) is 0 Å². The molecule has 1 rings (SSSR count). The molecule has 1 aromatic carbocycles. The van der Waals surface area contributed by atoms with Crippen LogP contribution in [0.5, 0.6) is 0 Å². The maximum atomic E-state index is 11.9. The van der Waals surface area contributed by atoms with Crippen LogP contribution >= 0.6 is 15.9 Å². The van der Waals surface area contributed by atoms with Crippen molar-refractivity contribution in [1.82, 2.24) is 0 Å². The van der Waals surface area contributed by atoms with Gasteiger partial charge in [-0.05, 0) is 39.0 Å². The maximum Gasteiger partial charge on any atom is 0.331 e. The lowest BCUT2D eigenvalue weighted by Gasteiger charge is -2.35. The molecule has 1 aromatic rings. The fraction of sp³-hybridized carbons (Fsp3) is 0.462. The molecule has 0 N–H and O–H groups in total. The highest BCUT2D eigenvalue weighted by Gasteiger charge is 2.34. The minimum atomic E-state index is -0.684. The standard InChI is InChI=1S/C13H18BrNO2/c1-5-17-12(16)13(2,3)15(4)11-8-6-7-10(14)9-11/h6-9H,5H2,1-4H3. The summed E-state index contributed by atoms with van der Waals surface area (Å²) in [7, 11) is 1.89. The summed E-state index contributed by atoms with van der Waals surface area (Å²) in [6.45, 7) is 5.92. The van der Waals surface area contributed by atoms with Crippen molar-refractivity contribution >= 4 is 27.6 Å². The highest BCUT2D eigenvalue weighted by Crippen LogP contribution is 2.25. The van der Waals surface area contributed by atoms with Gasteiger partial charge in [-0.2, -0.15) is 0 Å². The molecule has 4 heteroatoms. The largest absolute Gasteiger partial charge is 0.464 e. The first-order valence-electron chi connectivity index (χ1n) is 5.56. The van der Waals surface area contributed by atoms with Crippen LogP contribution in [0.1, 0.15) is 20.8 Å². The normalized spacial score (nSPS) is 11.1. The summed E-state index contributed by atoms with van der Waals surface area (Å²) < 4.78 is 6.07. The zero-order chi connectivity index (χ0) is 13.1. The molecule has 0 atom stereocenters. The molecule has 0 saturated carbocycles. The first kappa shape index (κ1) is 14.0. The van der Waals surface area contributed by atoms with Crippen molar-refractivity contribution < 1.29 is 9.53 Å². The molecule has 0 unspecified atom stereocenters. The molecule has 0 aliphatic carbocycles. The molecule has 0 heterocycles. The predicted molar refractivity (Wildman–Crippen MR) is 73.3 cm³/mol. The number of nitrogens with zero attached hydrogens (tertiary/aromatic N) is 1.